The number of rotatable bonds is 8. The lowest BCUT2D eigenvalue weighted by Crippen LogP contribution is -2.38. The van der Waals surface area contributed by atoms with Crippen LogP contribution < -0.4 is 16.0 Å². The molecule has 0 unspecified atom stereocenters. The molecule has 0 saturated heterocycles. The first-order valence-electron chi connectivity index (χ1n) is 9.96. The van der Waals surface area contributed by atoms with Crippen molar-refractivity contribution in [3.8, 4) is 0 Å². The van der Waals surface area contributed by atoms with E-state index < -0.39 is 0 Å². The molecule has 0 bridgehead atoms. The van der Waals surface area contributed by atoms with Crippen molar-refractivity contribution in [2.45, 2.75) is 26.8 Å². The summed E-state index contributed by atoms with van der Waals surface area (Å²) in [5.74, 6) is 1.51. The van der Waals surface area contributed by atoms with Gasteiger partial charge >= 0.3 is 0 Å². The highest BCUT2D eigenvalue weighted by molar-refractivity contribution is 5.94. The standard InChI is InChI=1S/C22H28N6O/c1-3-23-22(25-16-21(29)27-18-10-5-4-6-11-18)24-14-9-15-28-17(2)26-19-12-7-8-13-20(19)28/h4-8,10-13H,3,9,14-16H2,1-2H3,(H,27,29)(H2,23,24,25). The largest absolute Gasteiger partial charge is 0.357 e. The zero-order chi connectivity index (χ0) is 20.5. The highest BCUT2D eigenvalue weighted by Gasteiger charge is 2.06. The van der Waals surface area contributed by atoms with Crippen molar-refractivity contribution in [1.82, 2.24) is 20.2 Å². The van der Waals surface area contributed by atoms with Crippen LogP contribution in [0.5, 0.6) is 0 Å². The van der Waals surface area contributed by atoms with Crippen molar-refractivity contribution < 1.29 is 4.79 Å². The van der Waals surface area contributed by atoms with Crippen LogP contribution in [-0.4, -0.2) is 41.1 Å². The number of imidazole rings is 1. The monoisotopic (exact) mass is 392 g/mol. The number of amides is 1. The number of aromatic nitrogens is 2. The molecule has 0 saturated carbocycles. The highest BCUT2D eigenvalue weighted by atomic mass is 16.1. The molecule has 2 aromatic carbocycles. The molecular formula is C22H28N6O. The highest BCUT2D eigenvalue weighted by Crippen LogP contribution is 2.15. The first kappa shape index (κ1) is 20.4. The Morgan fingerprint density at radius 1 is 1.07 bits per heavy atom. The molecule has 7 heteroatoms. The average Bonchev–Trinajstić information content (AvgIpc) is 3.05. The fraction of sp³-hybridized carbons (Fsp3) is 0.318. The van der Waals surface area contributed by atoms with E-state index in [1.807, 2.05) is 62.4 Å². The van der Waals surface area contributed by atoms with E-state index in [1.54, 1.807) is 0 Å². The van der Waals surface area contributed by atoms with Gasteiger partial charge in [0.2, 0.25) is 5.91 Å². The molecule has 1 aromatic heterocycles. The van der Waals surface area contributed by atoms with E-state index in [9.17, 15) is 4.79 Å². The molecule has 3 aromatic rings. The lowest BCUT2D eigenvalue weighted by molar-refractivity contribution is -0.114. The van der Waals surface area contributed by atoms with Crippen molar-refractivity contribution in [3.05, 3.63) is 60.4 Å². The number of hydrogen-bond donors (Lipinski definition) is 3. The number of carbonyl (C=O) groups is 1. The summed E-state index contributed by atoms with van der Waals surface area (Å²) in [6.07, 6.45) is 0.918. The van der Waals surface area contributed by atoms with Gasteiger partial charge < -0.3 is 20.5 Å². The van der Waals surface area contributed by atoms with Gasteiger partial charge in [-0.25, -0.2) is 9.98 Å². The van der Waals surface area contributed by atoms with Gasteiger partial charge in [0.1, 0.15) is 12.4 Å². The quantitative estimate of drug-likeness (QED) is 0.313. The second-order valence-electron chi connectivity index (χ2n) is 6.69. The number of para-hydroxylation sites is 3. The summed E-state index contributed by atoms with van der Waals surface area (Å²) in [5, 5.41) is 9.31. The second-order valence-corrected chi connectivity index (χ2v) is 6.69. The topological polar surface area (TPSA) is 83.3 Å². The summed E-state index contributed by atoms with van der Waals surface area (Å²) in [6, 6.07) is 17.6. The van der Waals surface area contributed by atoms with E-state index in [0.717, 1.165) is 48.6 Å². The molecular weight excluding hydrogens is 364 g/mol. The van der Waals surface area contributed by atoms with Crippen LogP contribution in [0.3, 0.4) is 0 Å². The van der Waals surface area contributed by atoms with Gasteiger partial charge in [-0.2, -0.15) is 0 Å². The van der Waals surface area contributed by atoms with Crippen LogP contribution in [-0.2, 0) is 11.3 Å². The third-order valence-electron chi connectivity index (χ3n) is 4.48. The summed E-state index contributed by atoms with van der Waals surface area (Å²) in [5.41, 5.74) is 2.95. The number of nitrogens with zero attached hydrogens (tertiary/aromatic N) is 3. The number of aliphatic imine (C=N–C) groups is 1. The molecule has 0 aliphatic carbocycles. The third-order valence-corrected chi connectivity index (χ3v) is 4.48. The smallest absolute Gasteiger partial charge is 0.246 e. The van der Waals surface area contributed by atoms with Crippen molar-refractivity contribution in [2.24, 2.45) is 4.99 Å². The zero-order valence-electron chi connectivity index (χ0n) is 17.0. The lowest BCUT2D eigenvalue weighted by Gasteiger charge is -2.12. The van der Waals surface area contributed by atoms with Crippen LogP contribution >= 0.6 is 0 Å². The van der Waals surface area contributed by atoms with Gasteiger partial charge in [0, 0.05) is 25.3 Å². The lowest BCUT2D eigenvalue weighted by atomic mass is 10.3. The van der Waals surface area contributed by atoms with Gasteiger partial charge in [0.05, 0.1) is 11.0 Å². The number of carbonyl (C=O) groups excluding carboxylic acids is 1. The number of hydrogen-bond acceptors (Lipinski definition) is 3. The fourth-order valence-corrected chi connectivity index (χ4v) is 3.14. The molecule has 0 radical (unpaired) electrons. The Morgan fingerprint density at radius 3 is 2.62 bits per heavy atom. The molecule has 0 fully saturated rings. The van der Waals surface area contributed by atoms with Crippen molar-refractivity contribution in [1.29, 1.82) is 0 Å². The van der Waals surface area contributed by atoms with Gasteiger partial charge in [-0.15, -0.1) is 0 Å². The Morgan fingerprint density at radius 2 is 1.83 bits per heavy atom. The maximum Gasteiger partial charge on any atom is 0.246 e. The summed E-state index contributed by atoms with van der Waals surface area (Å²) in [4.78, 5) is 21.1. The number of fused-ring (bicyclic) bond motifs is 1. The molecule has 0 aliphatic heterocycles. The van der Waals surface area contributed by atoms with Crippen molar-refractivity contribution >= 4 is 28.6 Å². The van der Waals surface area contributed by atoms with Crippen molar-refractivity contribution in [2.75, 3.05) is 25.0 Å². The third kappa shape index (κ3) is 5.81. The minimum atomic E-state index is -0.145. The Labute approximate surface area is 171 Å². The number of nitrogens with one attached hydrogen (secondary N) is 3. The second kappa shape index (κ2) is 10.3. The van der Waals surface area contributed by atoms with E-state index in [2.05, 4.69) is 36.6 Å². The predicted molar refractivity (Wildman–Crippen MR) is 118 cm³/mol. The van der Waals surface area contributed by atoms with Gasteiger partial charge in [-0.3, -0.25) is 4.79 Å². The normalized spacial score (nSPS) is 11.4. The Hall–Kier alpha value is -3.35. The molecule has 7 nitrogen and oxygen atoms in total. The zero-order valence-corrected chi connectivity index (χ0v) is 17.0. The van der Waals surface area contributed by atoms with Crippen LogP contribution in [0.25, 0.3) is 11.0 Å². The van der Waals surface area contributed by atoms with Crippen LogP contribution in [0.4, 0.5) is 5.69 Å². The fourth-order valence-electron chi connectivity index (χ4n) is 3.14. The Kier molecular flexibility index (Phi) is 7.22. The van der Waals surface area contributed by atoms with E-state index in [0.29, 0.717) is 5.96 Å². The molecule has 152 valence electrons. The predicted octanol–water partition coefficient (Wildman–Crippen LogP) is 2.93. The number of anilines is 1. The molecule has 3 N–H and O–H groups in total. The molecule has 0 aliphatic rings. The van der Waals surface area contributed by atoms with Gasteiger partial charge in [0.15, 0.2) is 5.96 Å². The first-order chi connectivity index (χ1) is 14.2. The number of aryl methyl sites for hydroxylation is 2. The maximum absolute atomic E-state index is 12.1. The van der Waals surface area contributed by atoms with Gasteiger partial charge in [0.25, 0.3) is 0 Å². The molecule has 1 amide bonds. The molecule has 3 rings (SSSR count). The SMILES string of the molecule is CCNC(=NCC(=O)Nc1ccccc1)NCCCn1c(C)nc2ccccc21. The number of benzene rings is 2. The van der Waals surface area contributed by atoms with Crippen LogP contribution in [0.2, 0.25) is 0 Å². The van der Waals surface area contributed by atoms with Gasteiger partial charge in [-0.05, 0) is 44.5 Å². The molecule has 0 atom stereocenters. The van der Waals surface area contributed by atoms with E-state index in [-0.39, 0.29) is 12.5 Å². The van der Waals surface area contributed by atoms with E-state index in [1.165, 1.54) is 0 Å². The van der Waals surface area contributed by atoms with E-state index >= 15 is 0 Å². The Bertz CT molecular complexity index is 964. The Balaban J connectivity index is 1.49. The van der Waals surface area contributed by atoms with E-state index in [4.69, 9.17) is 0 Å². The summed E-state index contributed by atoms with van der Waals surface area (Å²) >= 11 is 0. The molecule has 0 spiro atoms. The minimum absolute atomic E-state index is 0.0650. The summed E-state index contributed by atoms with van der Waals surface area (Å²) < 4.78 is 2.23. The average molecular weight is 393 g/mol. The summed E-state index contributed by atoms with van der Waals surface area (Å²) in [6.45, 7) is 6.45. The van der Waals surface area contributed by atoms with Gasteiger partial charge in [-0.1, -0.05) is 30.3 Å². The minimum Gasteiger partial charge on any atom is -0.357 e. The first-order valence-corrected chi connectivity index (χ1v) is 9.96. The maximum atomic E-state index is 12.1. The number of guanidine groups is 1. The van der Waals surface area contributed by atoms with Crippen molar-refractivity contribution in [3.63, 3.8) is 0 Å². The molecule has 29 heavy (non-hydrogen) atoms. The van der Waals surface area contributed by atoms with Crippen LogP contribution in [0, 0.1) is 6.92 Å². The summed E-state index contributed by atoms with van der Waals surface area (Å²) in [7, 11) is 0. The molecule has 1 heterocycles. The van der Waals surface area contributed by atoms with Crippen LogP contribution in [0.1, 0.15) is 19.2 Å². The van der Waals surface area contributed by atoms with Crippen LogP contribution in [0.15, 0.2) is 59.6 Å².